The Balaban J connectivity index is 2.58. The molecule has 0 aromatic heterocycles. The minimum Gasteiger partial charge on any atom is -0.372 e. The van der Waals surface area contributed by atoms with E-state index in [1.54, 1.807) is 0 Å². The van der Waals surface area contributed by atoms with Crippen molar-refractivity contribution in [3.8, 4) is 0 Å². The van der Waals surface area contributed by atoms with Crippen molar-refractivity contribution >= 4 is 17.4 Å². The Hall–Kier alpha value is -1.71. The second-order valence-electron chi connectivity index (χ2n) is 5.26. The molecule has 0 heterocycles. The van der Waals surface area contributed by atoms with Crippen LogP contribution in [0.3, 0.4) is 0 Å². The second-order valence-corrected chi connectivity index (χ2v) is 5.26. The molecule has 1 aromatic carbocycles. The number of benzene rings is 1. The van der Waals surface area contributed by atoms with Gasteiger partial charge in [-0.25, -0.2) is 4.79 Å². The summed E-state index contributed by atoms with van der Waals surface area (Å²) in [6.45, 7) is 11.2. The van der Waals surface area contributed by atoms with Crippen LogP contribution in [-0.4, -0.2) is 25.7 Å². The van der Waals surface area contributed by atoms with E-state index in [4.69, 9.17) is 0 Å². The van der Waals surface area contributed by atoms with Gasteiger partial charge in [-0.15, -0.1) is 0 Å². The average molecular weight is 291 g/mol. The van der Waals surface area contributed by atoms with E-state index >= 15 is 0 Å². The zero-order valence-corrected chi connectivity index (χ0v) is 13.8. The van der Waals surface area contributed by atoms with Crippen molar-refractivity contribution in [2.24, 2.45) is 0 Å². The SMILES string of the molecule is CCCCCNC(=O)Nc1ccc(N(CC)CC)cc1C. The fourth-order valence-electron chi connectivity index (χ4n) is 2.32. The highest BCUT2D eigenvalue weighted by molar-refractivity contribution is 5.90. The third-order valence-corrected chi connectivity index (χ3v) is 3.65. The number of aryl methyl sites for hydroxylation is 1. The van der Waals surface area contributed by atoms with Crippen molar-refractivity contribution in [2.75, 3.05) is 29.9 Å². The van der Waals surface area contributed by atoms with Crippen LogP contribution in [0.15, 0.2) is 18.2 Å². The van der Waals surface area contributed by atoms with Gasteiger partial charge < -0.3 is 15.5 Å². The normalized spacial score (nSPS) is 10.3. The van der Waals surface area contributed by atoms with E-state index in [0.717, 1.165) is 50.1 Å². The summed E-state index contributed by atoms with van der Waals surface area (Å²) >= 11 is 0. The number of nitrogens with one attached hydrogen (secondary N) is 2. The maximum atomic E-state index is 11.8. The summed E-state index contributed by atoms with van der Waals surface area (Å²) in [4.78, 5) is 14.1. The smallest absolute Gasteiger partial charge is 0.319 e. The Labute approximate surface area is 128 Å². The molecule has 0 bridgehead atoms. The van der Waals surface area contributed by atoms with Crippen molar-refractivity contribution in [3.05, 3.63) is 23.8 Å². The van der Waals surface area contributed by atoms with Gasteiger partial charge in [0.15, 0.2) is 0 Å². The molecule has 0 aliphatic carbocycles. The van der Waals surface area contributed by atoms with E-state index in [9.17, 15) is 4.79 Å². The lowest BCUT2D eigenvalue weighted by Crippen LogP contribution is -2.29. The van der Waals surface area contributed by atoms with Crippen molar-refractivity contribution in [1.29, 1.82) is 0 Å². The summed E-state index contributed by atoms with van der Waals surface area (Å²) in [5, 5.41) is 5.81. The minimum atomic E-state index is -0.121. The van der Waals surface area contributed by atoms with Crippen LogP contribution in [0.1, 0.15) is 45.6 Å². The lowest BCUT2D eigenvalue weighted by Gasteiger charge is -2.22. The summed E-state index contributed by atoms with van der Waals surface area (Å²) in [6.07, 6.45) is 3.34. The Kier molecular flexibility index (Phi) is 7.65. The van der Waals surface area contributed by atoms with Gasteiger partial charge in [0.25, 0.3) is 0 Å². The van der Waals surface area contributed by atoms with Crippen molar-refractivity contribution in [1.82, 2.24) is 5.32 Å². The number of carbonyl (C=O) groups excluding carboxylic acids is 1. The average Bonchev–Trinajstić information content (AvgIpc) is 2.47. The van der Waals surface area contributed by atoms with Crippen LogP contribution in [-0.2, 0) is 0 Å². The van der Waals surface area contributed by atoms with Crippen LogP contribution < -0.4 is 15.5 Å². The molecular weight excluding hydrogens is 262 g/mol. The van der Waals surface area contributed by atoms with Crippen molar-refractivity contribution < 1.29 is 4.79 Å². The highest BCUT2D eigenvalue weighted by Gasteiger charge is 2.07. The standard InChI is InChI=1S/C17H29N3O/c1-5-8-9-12-18-17(21)19-16-11-10-15(13-14(16)4)20(6-2)7-3/h10-11,13H,5-9,12H2,1-4H3,(H2,18,19,21). The molecule has 1 aromatic rings. The van der Waals surface area contributed by atoms with Gasteiger partial charge in [0.05, 0.1) is 0 Å². The maximum Gasteiger partial charge on any atom is 0.319 e. The van der Waals surface area contributed by atoms with Crippen LogP contribution in [0, 0.1) is 6.92 Å². The third kappa shape index (κ3) is 5.66. The largest absolute Gasteiger partial charge is 0.372 e. The summed E-state index contributed by atoms with van der Waals surface area (Å²) in [5.41, 5.74) is 3.16. The molecule has 0 aliphatic rings. The van der Waals surface area contributed by atoms with Gasteiger partial charge in [-0.3, -0.25) is 0 Å². The van der Waals surface area contributed by atoms with Crippen LogP contribution in [0.2, 0.25) is 0 Å². The molecule has 2 N–H and O–H groups in total. The molecule has 4 heteroatoms. The molecule has 0 atom stereocenters. The zero-order chi connectivity index (χ0) is 15.7. The second kappa shape index (κ2) is 9.27. The first-order chi connectivity index (χ1) is 10.1. The molecule has 1 rings (SSSR count). The van der Waals surface area contributed by atoms with Gasteiger partial charge in [-0.1, -0.05) is 19.8 Å². The molecule has 2 amide bonds. The molecule has 0 saturated carbocycles. The van der Waals surface area contributed by atoms with E-state index in [2.05, 4.69) is 48.4 Å². The van der Waals surface area contributed by atoms with E-state index in [0.29, 0.717) is 0 Å². The molecule has 0 aliphatic heterocycles. The van der Waals surface area contributed by atoms with Crippen LogP contribution in [0.4, 0.5) is 16.2 Å². The number of rotatable bonds is 8. The molecule has 0 fully saturated rings. The van der Waals surface area contributed by atoms with E-state index in [1.807, 2.05) is 13.0 Å². The number of nitrogens with zero attached hydrogens (tertiary/aromatic N) is 1. The van der Waals surface area contributed by atoms with Gasteiger partial charge in [0, 0.05) is 31.0 Å². The Morgan fingerprint density at radius 2 is 1.86 bits per heavy atom. The molecule has 0 radical (unpaired) electrons. The van der Waals surface area contributed by atoms with Crippen LogP contribution in [0.25, 0.3) is 0 Å². The molecule has 0 saturated heterocycles. The molecule has 118 valence electrons. The Morgan fingerprint density at radius 1 is 1.14 bits per heavy atom. The first-order valence-electron chi connectivity index (χ1n) is 8.02. The summed E-state index contributed by atoms with van der Waals surface area (Å²) in [5.74, 6) is 0. The topological polar surface area (TPSA) is 44.4 Å². The zero-order valence-electron chi connectivity index (χ0n) is 13.8. The maximum absolute atomic E-state index is 11.8. The van der Waals surface area contributed by atoms with E-state index in [1.165, 1.54) is 5.69 Å². The number of hydrogen-bond acceptors (Lipinski definition) is 2. The highest BCUT2D eigenvalue weighted by Crippen LogP contribution is 2.22. The van der Waals surface area contributed by atoms with Gasteiger partial charge in [0.1, 0.15) is 0 Å². The lowest BCUT2D eigenvalue weighted by molar-refractivity contribution is 0.252. The Bertz CT molecular complexity index is 442. The predicted octanol–water partition coefficient (Wildman–Crippen LogP) is 4.15. The van der Waals surface area contributed by atoms with E-state index < -0.39 is 0 Å². The van der Waals surface area contributed by atoms with Gasteiger partial charge in [-0.2, -0.15) is 0 Å². The van der Waals surface area contributed by atoms with Gasteiger partial charge in [0.2, 0.25) is 0 Å². The minimum absolute atomic E-state index is 0.121. The van der Waals surface area contributed by atoms with E-state index in [-0.39, 0.29) is 6.03 Å². The van der Waals surface area contributed by atoms with Crippen LogP contribution in [0.5, 0.6) is 0 Å². The molecular formula is C17H29N3O. The highest BCUT2D eigenvalue weighted by atomic mass is 16.2. The van der Waals surface area contributed by atoms with Crippen molar-refractivity contribution in [3.63, 3.8) is 0 Å². The van der Waals surface area contributed by atoms with Crippen LogP contribution >= 0.6 is 0 Å². The number of carbonyl (C=O) groups is 1. The molecule has 0 unspecified atom stereocenters. The fourth-order valence-corrected chi connectivity index (χ4v) is 2.32. The molecule has 0 spiro atoms. The first-order valence-corrected chi connectivity index (χ1v) is 8.02. The summed E-state index contributed by atoms with van der Waals surface area (Å²) in [7, 11) is 0. The monoisotopic (exact) mass is 291 g/mol. The number of unbranched alkanes of at least 4 members (excludes halogenated alkanes) is 2. The molecule has 21 heavy (non-hydrogen) atoms. The quantitative estimate of drug-likeness (QED) is 0.707. The lowest BCUT2D eigenvalue weighted by atomic mass is 10.1. The van der Waals surface area contributed by atoms with Gasteiger partial charge in [-0.05, 0) is 51.0 Å². The molecule has 4 nitrogen and oxygen atoms in total. The fraction of sp³-hybridized carbons (Fsp3) is 0.588. The number of anilines is 2. The Morgan fingerprint density at radius 3 is 2.43 bits per heavy atom. The predicted molar refractivity (Wildman–Crippen MR) is 91.3 cm³/mol. The van der Waals surface area contributed by atoms with Gasteiger partial charge >= 0.3 is 6.03 Å². The number of hydrogen-bond donors (Lipinski definition) is 2. The van der Waals surface area contributed by atoms with Crippen molar-refractivity contribution in [2.45, 2.75) is 47.0 Å². The summed E-state index contributed by atoms with van der Waals surface area (Å²) in [6, 6.07) is 6.05. The number of amides is 2. The third-order valence-electron chi connectivity index (χ3n) is 3.65. The first kappa shape index (κ1) is 17.3. The summed E-state index contributed by atoms with van der Waals surface area (Å²) < 4.78 is 0. The number of urea groups is 1.